The molecule has 1 amide bonds. The number of halogens is 1. The standard InChI is InChI=1S/C32H38ClN5O2/c1-21-23(10-11-27(40-4)28(21)33)20-37(12-13-37)29-24(30(39)38(14-15-38)19-22-8-6-5-7-9-22)16-34-31(35-29)36-17-25-26(18-36)32(25,2)3/h5-11,16,25-26H,12-15,17-20H2,1-4H3/q+2. The van der Waals surface area contributed by atoms with Crippen LogP contribution in [0.5, 0.6) is 5.75 Å². The number of anilines is 1. The van der Waals surface area contributed by atoms with Crippen LogP contribution in [0.2, 0.25) is 5.02 Å². The number of methoxy groups -OCH3 is 1. The lowest BCUT2D eigenvalue weighted by Crippen LogP contribution is -2.37. The Hall–Kier alpha value is -3.00. The van der Waals surface area contributed by atoms with Gasteiger partial charge in [-0.1, -0.05) is 55.8 Å². The van der Waals surface area contributed by atoms with E-state index in [9.17, 15) is 4.79 Å². The number of amides is 1. The smallest absolute Gasteiger partial charge is 0.356 e. The van der Waals surface area contributed by atoms with Gasteiger partial charge in [0.25, 0.3) is 0 Å². The molecule has 4 fully saturated rings. The molecule has 1 saturated carbocycles. The summed E-state index contributed by atoms with van der Waals surface area (Å²) in [5.74, 6) is 3.87. The van der Waals surface area contributed by atoms with E-state index >= 15 is 0 Å². The molecule has 0 spiro atoms. The van der Waals surface area contributed by atoms with Gasteiger partial charge in [0.1, 0.15) is 45.0 Å². The zero-order chi connectivity index (χ0) is 27.9. The molecule has 0 N–H and O–H groups in total. The summed E-state index contributed by atoms with van der Waals surface area (Å²) < 4.78 is 6.53. The molecule has 0 radical (unpaired) electrons. The van der Waals surface area contributed by atoms with Crippen molar-refractivity contribution in [2.45, 2.75) is 33.9 Å². The number of carbonyl (C=O) groups excluding carboxylic acids is 1. The summed E-state index contributed by atoms with van der Waals surface area (Å²) >= 11 is 6.65. The van der Waals surface area contributed by atoms with Gasteiger partial charge in [0.2, 0.25) is 11.8 Å². The van der Waals surface area contributed by atoms with Crippen LogP contribution in [-0.2, 0) is 13.1 Å². The van der Waals surface area contributed by atoms with Crippen LogP contribution in [0.25, 0.3) is 0 Å². The number of ether oxygens (including phenoxy) is 1. The van der Waals surface area contributed by atoms with Crippen LogP contribution < -0.4 is 14.1 Å². The molecule has 2 unspecified atom stereocenters. The second kappa shape index (κ2) is 9.00. The monoisotopic (exact) mass is 559 g/mol. The van der Waals surface area contributed by atoms with Gasteiger partial charge in [-0.15, -0.1) is 0 Å². The van der Waals surface area contributed by atoms with Gasteiger partial charge in [-0.25, -0.2) is 14.3 Å². The van der Waals surface area contributed by atoms with Crippen LogP contribution in [-0.4, -0.2) is 66.7 Å². The van der Waals surface area contributed by atoms with Gasteiger partial charge in [-0.05, 0) is 41.9 Å². The Morgan fingerprint density at radius 1 is 1.05 bits per heavy atom. The van der Waals surface area contributed by atoms with Crippen LogP contribution in [0.1, 0.15) is 40.9 Å². The summed E-state index contributed by atoms with van der Waals surface area (Å²) in [5.41, 5.74) is 4.46. The molecule has 8 heteroatoms. The molecule has 3 saturated heterocycles. The van der Waals surface area contributed by atoms with Crippen LogP contribution >= 0.6 is 11.6 Å². The number of quaternary nitrogens is 2. The van der Waals surface area contributed by atoms with Crippen LogP contribution in [0.4, 0.5) is 11.8 Å². The maximum Gasteiger partial charge on any atom is 0.356 e. The maximum atomic E-state index is 14.3. The van der Waals surface area contributed by atoms with E-state index in [1.165, 1.54) is 5.56 Å². The van der Waals surface area contributed by atoms with Gasteiger partial charge in [0, 0.05) is 24.2 Å². The van der Waals surface area contributed by atoms with E-state index in [4.69, 9.17) is 26.3 Å². The first-order chi connectivity index (χ1) is 19.2. The Kier molecular flexibility index (Phi) is 5.84. The van der Waals surface area contributed by atoms with Crippen LogP contribution in [0, 0.1) is 24.2 Å². The summed E-state index contributed by atoms with van der Waals surface area (Å²) in [6.07, 6.45) is 1.84. The molecule has 3 aliphatic heterocycles. The summed E-state index contributed by atoms with van der Waals surface area (Å²) in [4.78, 5) is 26.7. The molecule has 1 aromatic heterocycles. The van der Waals surface area contributed by atoms with Crippen molar-refractivity contribution in [2.75, 3.05) is 51.3 Å². The molecule has 3 aromatic rings. The molecule has 40 heavy (non-hydrogen) atoms. The molecule has 7 nitrogen and oxygen atoms in total. The number of piperidine rings is 1. The Morgan fingerprint density at radius 3 is 2.38 bits per heavy atom. The quantitative estimate of drug-likeness (QED) is 0.279. The van der Waals surface area contributed by atoms with Gasteiger partial charge < -0.3 is 9.64 Å². The minimum absolute atomic E-state index is 0.143. The number of nitrogens with zero attached hydrogens (tertiary/aromatic N) is 5. The number of fused-ring (bicyclic) bond motifs is 1. The Bertz CT molecular complexity index is 1480. The predicted octanol–water partition coefficient (Wildman–Crippen LogP) is 5.23. The van der Waals surface area contributed by atoms with E-state index < -0.39 is 0 Å². The SMILES string of the molecule is COc1ccc(C[N+]2(c3nc(N4CC5C(C4)C5(C)C)ncc3C(=O)[N+]3(Cc4ccccc4)CC3)CC2)c(C)c1Cl. The highest BCUT2D eigenvalue weighted by Crippen LogP contribution is 2.62. The molecular weight excluding hydrogens is 522 g/mol. The second-order valence-corrected chi connectivity index (χ2v) is 13.4. The fourth-order valence-electron chi connectivity index (χ4n) is 6.99. The van der Waals surface area contributed by atoms with E-state index in [0.29, 0.717) is 49.1 Å². The molecule has 4 heterocycles. The predicted molar refractivity (Wildman–Crippen MR) is 157 cm³/mol. The van der Waals surface area contributed by atoms with Crippen molar-refractivity contribution in [1.82, 2.24) is 14.5 Å². The lowest BCUT2D eigenvalue weighted by atomic mass is 10.1. The van der Waals surface area contributed by atoms with Crippen molar-refractivity contribution in [1.29, 1.82) is 0 Å². The topological polar surface area (TPSA) is 55.3 Å². The van der Waals surface area contributed by atoms with Gasteiger partial charge in [-0.2, -0.15) is 4.98 Å². The van der Waals surface area contributed by atoms with Crippen molar-refractivity contribution < 1.29 is 14.0 Å². The first kappa shape index (κ1) is 25.9. The Balaban J connectivity index is 1.25. The molecule has 2 aromatic carbocycles. The first-order valence-corrected chi connectivity index (χ1v) is 14.8. The molecule has 0 bridgehead atoms. The van der Waals surface area contributed by atoms with E-state index in [2.05, 4.69) is 36.9 Å². The fourth-order valence-corrected chi connectivity index (χ4v) is 7.25. The molecule has 7 rings (SSSR count). The van der Waals surface area contributed by atoms with Crippen LogP contribution in [0.15, 0.2) is 48.7 Å². The maximum absolute atomic E-state index is 14.3. The normalized spacial score (nSPS) is 24.4. The highest BCUT2D eigenvalue weighted by molar-refractivity contribution is 6.32. The number of hydrogen-bond acceptors (Lipinski definition) is 5. The summed E-state index contributed by atoms with van der Waals surface area (Å²) in [7, 11) is 1.64. The lowest BCUT2D eigenvalue weighted by molar-refractivity contribution is -0.726. The van der Waals surface area contributed by atoms with Crippen LogP contribution in [0.3, 0.4) is 0 Å². The number of aromatic nitrogens is 2. The van der Waals surface area contributed by atoms with Gasteiger partial charge >= 0.3 is 5.91 Å². The average molecular weight is 560 g/mol. The van der Waals surface area contributed by atoms with Crippen molar-refractivity contribution in [3.63, 3.8) is 0 Å². The number of rotatable bonds is 8. The van der Waals surface area contributed by atoms with E-state index in [1.54, 1.807) is 7.11 Å². The van der Waals surface area contributed by atoms with E-state index in [1.807, 2.05) is 37.4 Å². The van der Waals surface area contributed by atoms with E-state index in [0.717, 1.165) is 68.7 Å². The molecular formula is C32H38ClN5O2+2. The van der Waals surface area contributed by atoms with Crippen molar-refractivity contribution in [2.24, 2.45) is 17.3 Å². The summed E-state index contributed by atoms with van der Waals surface area (Å²) in [6, 6.07) is 14.4. The van der Waals surface area contributed by atoms with Gasteiger partial charge in [0.15, 0.2) is 5.56 Å². The number of hydrogen-bond donors (Lipinski definition) is 0. The number of benzene rings is 2. The molecule has 208 valence electrons. The third-order valence-electron chi connectivity index (χ3n) is 10.3. The molecule has 4 aliphatic rings. The largest absolute Gasteiger partial charge is 0.495 e. The zero-order valence-corrected chi connectivity index (χ0v) is 24.6. The van der Waals surface area contributed by atoms with Gasteiger partial charge in [0.05, 0.1) is 18.3 Å². The minimum Gasteiger partial charge on any atom is -0.495 e. The number of carbonyl (C=O) groups is 1. The first-order valence-electron chi connectivity index (χ1n) is 14.4. The zero-order valence-electron chi connectivity index (χ0n) is 23.9. The second-order valence-electron chi connectivity index (χ2n) is 13.0. The Morgan fingerprint density at radius 2 is 1.75 bits per heavy atom. The Labute approximate surface area is 241 Å². The van der Waals surface area contributed by atoms with Crippen molar-refractivity contribution >= 4 is 29.3 Å². The van der Waals surface area contributed by atoms with Crippen molar-refractivity contribution in [3.05, 3.63) is 75.9 Å². The minimum atomic E-state index is 0.143. The third kappa shape index (κ3) is 4.13. The highest BCUT2D eigenvalue weighted by Gasteiger charge is 2.62. The summed E-state index contributed by atoms with van der Waals surface area (Å²) in [5, 5.41) is 0.648. The highest BCUT2D eigenvalue weighted by atomic mass is 35.5. The molecule has 1 aliphatic carbocycles. The third-order valence-corrected chi connectivity index (χ3v) is 10.8. The summed E-state index contributed by atoms with van der Waals surface area (Å²) in [6.45, 7) is 13.8. The van der Waals surface area contributed by atoms with Crippen molar-refractivity contribution in [3.8, 4) is 5.75 Å². The fraction of sp³-hybridized carbons (Fsp3) is 0.469. The molecule has 2 atom stereocenters. The average Bonchev–Trinajstić information content (AvgIpc) is 3.92. The lowest BCUT2D eigenvalue weighted by Gasteiger charge is -2.26. The van der Waals surface area contributed by atoms with Gasteiger partial charge in [-0.3, -0.25) is 4.48 Å². The van der Waals surface area contributed by atoms with E-state index in [-0.39, 0.29) is 5.91 Å².